The second-order valence-corrected chi connectivity index (χ2v) is 5.63. The van der Waals surface area contributed by atoms with Gasteiger partial charge in [-0.15, -0.1) is 0 Å². The number of nitrogen functional groups attached to an aromatic ring is 1. The van der Waals surface area contributed by atoms with Crippen molar-refractivity contribution in [3.05, 3.63) is 11.4 Å². The van der Waals surface area contributed by atoms with E-state index in [-0.39, 0.29) is 5.41 Å². The predicted octanol–water partition coefficient (Wildman–Crippen LogP) is 2.16. The second-order valence-electron chi connectivity index (χ2n) is 5.63. The third-order valence-electron chi connectivity index (χ3n) is 3.93. The van der Waals surface area contributed by atoms with Crippen molar-refractivity contribution < 1.29 is 4.74 Å². The van der Waals surface area contributed by atoms with Gasteiger partial charge in [0.15, 0.2) is 0 Å². The molecule has 5 heteroatoms. The first-order chi connectivity index (χ1) is 9.04. The van der Waals surface area contributed by atoms with Crippen LogP contribution in [0.15, 0.2) is 0 Å². The van der Waals surface area contributed by atoms with Crippen LogP contribution in [0.25, 0.3) is 0 Å². The Morgan fingerprint density at radius 2 is 2.00 bits per heavy atom. The van der Waals surface area contributed by atoms with E-state index in [0.717, 1.165) is 56.2 Å². The van der Waals surface area contributed by atoms with Crippen LogP contribution in [0, 0.1) is 12.3 Å². The van der Waals surface area contributed by atoms with Crippen molar-refractivity contribution >= 4 is 11.6 Å². The average molecular weight is 264 g/mol. The lowest BCUT2D eigenvalue weighted by Crippen LogP contribution is -2.33. The summed E-state index contributed by atoms with van der Waals surface area (Å²) in [6, 6.07) is 0. The number of rotatable bonds is 4. The van der Waals surface area contributed by atoms with Crippen LogP contribution >= 0.6 is 0 Å². The van der Waals surface area contributed by atoms with Gasteiger partial charge in [-0.3, -0.25) is 0 Å². The number of ether oxygens (including phenoxy) is 1. The Kier molecular flexibility index (Phi) is 4.24. The normalized spacial score (nSPS) is 18.3. The fourth-order valence-electron chi connectivity index (χ4n) is 2.25. The summed E-state index contributed by atoms with van der Waals surface area (Å²) in [4.78, 5) is 8.80. The van der Waals surface area contributed by atoms with Crippen molar-refractivity contribution in [3.8, 4) is 0 Å². The van der Waals surface area contributed by atoms with E-state index < -0.39 is 0 Å². The molecule has 1 aliphatic rings. The predicted molar refractivity (Wildman–Crippen MR) is 77.2 cm³/mol. The minimum absolute atomic E-state index is 0.275. The van der Waals surface area contributed by atoms with Gasteiger partial charge in [0.2, 0.25) is 0 Å². The van der Waals surface area contributed by atoms with Crippen LogP contribution in [0.4, 0.5) is 11.6 Å². The van der Waals surface area contributed by atoms with Crippen LogP contribution < -0.4 is 11.1 Å². The molecule has 1 aromatic heterocycles. The number of nitrogens with two attached hydrogens (primary N) is 1. The monoisotopic (exact) mass is 264 g/mol. The Morgan fingerprint density at radius 3 is 2.63 bits per heavy atom. The third kappa shape index (κ3) is 3.35. The molecule has 0 amide bonds. The molecule has 19 heavy (non-hydrogen) atoms. The number of hydrogen-bond donors (Lipinski definition) is 2. The summed E-state index contributed by atoms with van der Waals surface area (Å²) < 4.78 is 5.42. The molecule has 1 fully saturated rings. The molecule has 106 valence electrons. The van der Waals surface area contributed by atoms with Gasteiger partial charge in [0.25, 0.3) is 0 Å². The van der Waals surface area contributed by atoms with Gasteiger partial charge in [-0.05, 0) is 25.2 Å². The minimum Gasteiger partial charge on any atom is -0.383 e. The van der Waals surface area contributed by atoms with Gasteiger partial charge in [0.1, 0.15) is 17.5 Å². The van der Waals surface area contributed by atoms with Crippen LogP contribution in [-0.2, 0) is 11.2 Å². The summed E-state index contributed by atoms with van der Waals surface area (Å²) in [6.45, 7) is 8.89. The van der Waals surface area contributed by atoms with E-state index in [1.165, 1.54) is 0 Å². The Balaban J connectivity index is 2.08. The Bertz CT molecular complexity index is 441. The lowest BCUT2D eigenvalue weighted by atomic mass is 9.82. The zero-order chi connectivity index (χ0) is 13.9. The molecule has 0 spiro atoms. The van der Waals surface area contributed by atoms with Crippen molar-refractivity contribution in [2.75, 3.05) is 30.8 Å². The van der Waals surface area contributed by atoms with Crippen molar-refractivity contribution in [2.45, 2.75) is 40.0 Å². The smallest absolute Gasteiger partial charge is 0.134 e. The number of aryl methyl sites for hydroxylation is 1. The molecular weight excluding hydrogens is 240 g/mol. The van der Waals surface area contributed by atoms with Crippen LogP contribution in [0.3, 0.4) is 0 Å². The van der Waals surface area contributed by atoms with Gasteiger partial charge < -0.3 is 15.8 Å². The highest BCUT2D eigenvalue weighted by atomic mass is 16.5. The van der Waals surface area contributed by atoms with Gasteiger partial charge in [-0.25, -0.2) is 9.97 Å². The van der Waals surface area contributed by atoms with Crippen LogP contribution in [0.1, 0.15) is 38.1 Å². The zero-order valence-electron chi connectivity index (χ0n) is 12.1. The Labute approximate surface area is 115 Å². The lowest BCUT2D eigenvalue weighted by Gasteiger charge is -2.34. The number of anilines is 2. The highest BCUT2D eigenvalue weighted by molar-refractivity contribution is 5.54. The first-order valence-corrected chi connectivity index (χ1v) is 6.99. The van der Waals surface area contributed by atoms with Crippen molar-refractivity contribution in [3.63, 3.8) is 0 Å². The van der Waals surface area contributed by atoms with Gasteiger partial charge >= 0.3 is 0 Å². The average Bonchev–Trinajstić information content (AvgIpc) is 2.41. The number of hydrogen-bond acceptors (Lipinski definition) is 5. The maximum atomic E-state index is 5.93. The Morgan fingerprint density at radius 1 is 1.32 bits per heavy atom. The summed E-state index contributed by atoms with van der Waals surface area (Å²) in [5.74, 6) is 2.24. The number of nitrogens with one attached hydrogen (secondary N) is 1. The summed E-state index contributed by atoms with van der Waals surface area (Å²) in [6.07, 6.45) is 2.96. The molecule has 0 saturated carbocycles. The van der Waals surface area contributed by atoms with Crippen LogP contribution in [0.2, 0.25) is 0 Å². The van der Waals surface area contributed by atoms with E-state index in [9.17, 15) is 0 Å². The molecule has 1 aromatic rings. The molecule has 2 rings (SSSR count). The molecule has 1 saturated heterocycles. The van der Waals surface area contributed by atoms with Gasteiger partial charge in [0.05, 0.1) is 0 Å². The first kappa shape index (κ1) is 14.1. The van der Waals surface area contributed by atoms with Crippen LogP contribution in [0.5, 0.6) is 0 Å². The van der Waals surface area contributed by atoms with Gasteiger partial charge in [0, 0.05) is 31.7 Å². The molecule has 0 unspecified atom stereocenters. The quantitative estimate of drug-likeness (QED) is 0.871. The maximum Gasteiger partial charge on any atom is 0.134 e. The van der Waals surface area contributed by atoms with E-state index in [1.54, 1.807) is 0 Å². The highest BCUT2D eigenvalue weighted by Crippen LogP contribution is 2.30. The van der Waals surface area contributed by atoms with E-state index in [0.29, 0.717) is 5.82 Å². The maximum absolute atomic E-state index is 5.93. The van der Waals surface area contributed by atoms with E-state index in [2.05, 4.69) is 22.2 Å². The van der Waals surface area contributed by atoms with E-state index in [4.69, 9.17) is 10.5 Å². The molecule has 2 heterocycles. The molecule has 0 aromatic carbocycles. The molecule has 0 bridgehead atoms. The molecule has 0 atom stereocenters. The van der Waals surface area contributed by atoms with E-state index in [1.807, 2.05) is 13.8 Å². The summed E-state index contributed by atoms with van der Waals surface area (Å²) >= 11 is 0. The van der Waals surface area contributed by atoms with Crippen molar-refractivity contribution in [1.29, 1.82) is 0 Å². The topological polar surface area (TPSA) is 73.1 Å². The van der Waals surface area contributed by atoms with Crippen LogP contribution in [-0.4, -0.2) is 29.7 Å². The summed E-state index contributed by atoms with van der Waals surface area (Å²) in [7, 11) is 0. The molecule has 1 aliphatic heterocycles. The molecule has 0 aliphatic carbocycles. The van der Waals surface area contributed by atoms with Gasteiger partial charge in [-0.1, -0.05) is 13.8 Å². The van der Waals surface area contributed by atoms with Crippen molar-refractivity contribution in [2.24, 2.45) is 5.41 Å². The molecule has 3 N–H and O–H groups in total. The fraction of sp³-hybridized carbons (Fsp3) is 0.714. The first-order valence-electron chi connectivity index (χ1n) is 6.99. The molecule has 5 nitrogen and oxygen atoms in total. The number of aromatic nitrogens is 2. The van der Waals surface area contributed by atoms with E-state index >= 15 is 0 Å². The van der Waals surface area contributed by atoms with Gasteiger partial charge in [-0.2, -0.15) is 0 Å². The minimum atomic E-state index is 0.275. The number of nitrogens with zero attached hydrogens (tertiary/aromatic N) is 2. The second kappa shape index (κ2) is 5.74. The molecular formula is C14H24N4O. The largest absolute Gasteiger partial charge is 0.383 e. The van der Waals surface area contributed by atoms with Crippen molar-refractivity contribution in [1.82, 2.24) is 9.97 Å². The standard InChI is InChI=1S/C14H24N4O/c1-4-11-17-12(15)10(2)13(18-11)16-9-14(3)5-7-19-8-6-14/h4-9H2,1-3H3,(H3,15,16,17,18). The summed E-state index contributed by atoms with van der Waals surface area (Å²) in [5.41, 5.74) is 7.14. The highest BCUT2D eigenvalue weighted by Gasteiger charge is 2.27. The third-order valence-corrected chi connectivity index (χ3v) is 3.93. The zero-order valence-corrected chi connectivity index (χ0v) is 12.1. The molecule has 0 radical (unpaired) electrons. The lowest BCUT2D eigenvalue weighted by molar-refractivity contribution is 0.0299. The summed E-state index contributed by atoms with van der Waals surface area (Å²) in [5, 5.41) is 3.45. The SMILES string of the molecule is CCc1nc(N)c(C)c(NCC2(C)CCOCC2)n1. The fourth-order valence-corrected chi connectivity index (χ4v) is 2.25. The Hall–Kier alpha value is -1.36.